The van der Waals surface area contributed by atoms with Crippen LogP contribution in [-0.4, -0.2) is 120 Å². The molecule has 0 saturated carbocycles. The number of likely N-dealkylation sites (tertiary alicyclic amines) is 1. The number of carbonyl (C=O) groups excluding carboxylic acids is 3. The van der Waals surface area contributed by atoms with Crippen molar-refractivity contribution in [2.24, 2.45) is 0 Å². The molecule has 4 aliphatic rings. The number of carbonyl (C=O) groups is 3. The number of nitrogens with one attached hydrogen (secondary N) is 2. The lowest BCUT2D eigenvalue weighted by Gasteiger charge is -2.42. The molecule has 11 nitrogen and oxygen atoms in total. The van der Waals surface area contributed by atoms with Gasteiger partial charge in [0, 0.05) is 68.7 Å². The van der Waals surface area contributed by atoms with Crippen LogP contribution in [0.4, 0.5) is 15.3 Å². The maximum atomic E-state index is 14.0. The molecule has 0 bridgehead atoms. The second-order valence-electron chi connectivity index (χ2n) is 13.5. The summed E-state index contributed by atoms with van der Waals surface area (Å²) >= 11 is 1.59. The van der Waals surface area contributed by atoms with E-state index in [1.54, 1.807) is 16.4 Å². The van der Waals surface area contributed by atoms with Crippen molar-refractivity contribution < 1.29 is 19.2 Å². The van der Waals surface area contributed by atoms with Gasteiger partial charge in [-0.2, -0.15) is 0 Å². The summed E-state index contributed by atoms with van der Waals surface area (Å²) in [5, 5.41) is 11.7. The number of nitrogens with zero attached hydrogens (tertiary/aromatic N) is 5. The number of urea groups is 1. The molecule has 3 fully saturated rings. The molecule has 2 N–H and O–H groups in total. The van der Waals surface area contributed by atoms with Crippen LogP contribution in [0.3, 0.4) is 0 Å². The standard InChI is InChI=1S/C35H51N7O4S/c1-4-26-7-6-25(20-27(26)5-2)21-31(33(43)40-18-16-39(17-19-40)29-8-12-38(3)13-9-29)37-35(45)46-41-14-10-30(11-15-41)42-22-28-23-47-24-32(28)36-34(42)44/h6-7,20,23-24,29-31H,4-5,8-19,21-22H2,1-3H3,(H,36,44)(H,37,45)/t31-/m1/s1. The number of aryl methyl sites for hydroxylation is 2. The molecule has 0 spiro atoms. The predicted molar refractivity (Wildman–Crippen MR) is 184 cm³/mol. The Morgan fingerprint density at radius 2 is 1.64 bits per heavy atom. The predicted octanol–water partition coefficient (Wildman–Crippen LogP) is 4.18. The van der Waals surface area contributed by atoms with Gasteiger partial charge < -0.3 is 30.2 Å². The maximum absolute atomic E-state index is 14.0. The van der Waals surface area contributed by atoms with Crippen molar-refractivity contribution in [2.45, 2.75) is 83.5 Å². The SMILES string of the molecule is CCc1ccc(C[C@@H](NC(=O)ON2CCC(N3Cc4cscc4NC3=O)CC2)C(=O)N2CCN(C3CCN(C)CC3)CC2)cc1CC. The molecule has 1 aromatic carbocycles. The van der Waals surface area contributed by atoms with Crippen LogP contribution in [0.25, 0.3) is 0 Å². The van der Waals surface area contributed by atoms with E-state index in [4.69, 9.17) is 4.84 Å². The van der Waals surface area contributed by atoms with Crippen molar-refractivity contribution in [3.05, 3.63) is 51.2 Å². The van der Waals surface area contributed by atoms with Crippen LogP contribution < -0.4 is 10.6 Å². The Bertz CT molecular complexity index is 1390. The highest BCUT2D eigenvalue weighted by Gasteiger charge is 2.35. The Kier molecular flexibility index (Phi) is 11.0. The number of benzene rings is 1. The molecule has 1 atom stereocenters. The second-order valence-corrected chi connectivity index (χ2v) is 14.3. The minimum atomic E-state index is -0.719. The van der Waals surface area contributed by atoms with E-state index in [1.165, 1.54) is 24.0 Å². The second kappa shape index (κ2) is 15.4. The molecule has 5 heterocycles. The number of hydroxylamine groups is 2. The molecule has 1 aromatic heterocycles. The van der Waals surface area contributed by atoms with E-state index in [-0.39, 0.29) is 18.0 Å². The lowest BCUT2D eigenvalue weighted by atomic mass is 9.96. The Morgan fingerprint density at radius 1 is 0.936 bits per heavy atom. The van der Waals surface area contributed by atoms with Crippen molar-refractivity contribution >= 4 is 35.1 Å². The molecule has 256 valence electrons. The van der Waals surface area contributed by atoms with Gasteiger partial charge in [0.1, 0.15) is 6.04 Å². The summed E-state index contributed by atoms with van der Waals surface area (Å²) < 4.78 is 0. The van der Waals surface area contributed by atoms with Crippen LogP contribution in [-0.2, 0) is 35.4 Å². The quantitative estimate of drug-likeness (QED) is 0.415. The Balaban J connectivity index is 1.06. The van der Waals surface area contributed by atoms with Crippen molar-refractivity contribution in [1.29, 1.82) is 0 Å². The fourth-order valence-corrected chi connectivity index (χ4v) is 8.41. The molecule has 0 radical (unpaired) electrons. The lowest BCUT2D eigenvalue weighted by Crippen LogP contribution is -2.58. The number of fused-ring (bicyclic) bond motifs is 1. The topological polar surface area (TPSA) is 101 Å². The summed E-state index contributed by atoms with van der Waals surface area (Å²) in [6, 6.07) is 6.30. The van der Waals surface area contributed by atoms with Gasteiger partial charge in [-0.15, -0.1) is 16.4 Å². The molecule has 3 saturated heterocycles. The number of piperidine rings is 2. The van der Waals surface area contributed by atoms with Crippen LogP contribution in [0.1, 0.15) is 61.8 Å². The molecule has 2 aromatic rings. The van der Waals surface area contributed by atoms with Crippen molar-refractivity contribution in [3.8, 4) is 0 Å². The highest BCUT2D eigenvalue weighted by atomic mass is 32.1. The highest BCUT2D eigenvalue weighted by molar-refractivity contribution is 7.08. The van der Waals surface area contributed by atoms with Crippen LogP contribution in [0.5, 0.6) is 0 Å². The average Bonchev–Trinajstić information content (AvgIpc) is 3.55. The lowest BCUT2D eigenvalue weighted by molar-refractivity contribution is -0.138. The van der Waals surface area contributed by atoms with Gasteiger partial charge in [-0.25, -0.2) is 9.59 Å². The smallest absolute Gasteiger partial charge is 0.351 e. The molecular formula is C35H51N7O4S. The summed E-state index contributed by atoms with van der Waals surface area (Å²) in [5.74, 6) is -0.0507. The Morgan fingerprint density at radius 3 is 2.34 bits per heavy atom. The largest absolute Gasteiger partial charge is 0.426 e. The number of piperazine rings is 1. The first kappa shape index (κ1) is 33.7. The van der Waals surface area contributed by atoms with Gasteiger partial charge in [-0.3, -0.25) is 9.69 Å². The Labute approximate surface area is 283 Å². The first-order valence-corrected chi connectivity index (χ1v) is 18.4. The summed E-state index contributed by atoms with van der Waals surface area (Å²) in [6.07, 6.45) is 5.45. The molecule has 47 heavy (non-hydrogen) atoms. The van der Waals surface area contributed by atoms with Gasteiger partial charge in [0.15, 0.2) is 0 Å². The normalized spacial score (nSPS) is 21.3. The van der Waals surface area contributed by atoms with E-state index in [9.17, 15) is 14.4 Å². The van der Waals surface area contributed by atoms with Crippen molar-refractivity contribution in [3.63, 3.8) is 0 Å². The highest BCUT2D eigenvalue weighted by Crippen LogP contribution is 2.30. The number of rotatable bonds is 9. The first-order valence-electron chi connectivity index (χ1n) is 17.5. The fraction of sp³-hybridized carbons (Fsp3) is 0.629. The van der Waals surface area contributed by atoms with E-state index in [1.807, 2.05) is 15.2 Å². The van der Waals surface area contributed by atoms with Crippen molar-refractivity contribution in [2.75, 3.05) is 64.7 Å². The molecular weight excluding hydrogens is 614 g/mol. The summed E-state index contributed by atoms with van der Waals surface area (Å²) in [4.78, 5) is 54.6. The van der Waals surface area contributed by atoms with Crippen LogP contribution in [0.15, 0.2) is 29.0 Å². The number of hydrogen-bond donors (Lipinski definition) is 2. The average molecular weight is 666 g/mol. The van der Waals surface area contributed by atoms with Gasteiger partial charge >= 0.3 is 12.1 Å². The number of hydrogen-bond acceptors (Lipinski definition) is 8. The summed E-state index contributed by atoms with van der Waals surface area (Å²) in [6.45, 7) is 11.3. The maximum Gasteiger partial charge on any atom is 0.426 e. The third-order valence-corrected chi connectivity index (χ3v) is 11.3. The van der Waals surface area contributed by atoms with E-state index in [2.05, 4.69) is 64.9 Å². The van der Waals surface area contributed by atoms with E-state index in [0.29, 0.717) is 58.0 Å². The van der Waals surface area contributed by atoms with E-state index in [0.717, 1.165) is 55.8 Å². The molecule has 6 rings (SSSR count). The van der Waals surface area contributed by atoms with Crippen LogP contribution in [0, 0.1) is 0 Å². The zero-order chi connectivity index (χ0) is 32.9. The zero-order valence-corrected chi connectivity index (χ0v) is 29.0. The number of amides is 4. The van der Waals surface area contributed by atoms with Crippen LogP contribution >= 0.6 is 11.3 Å². The van der Waals surface area contributed by atoms with Gasteiger partial charge in [0.2, 0.25) is 5.91 Å². The third kappa shape index (κ3) is 8.10. The van der Waals surface area contributed by atoms with E-state index < -0.39 is 12.1 Å². The minimum absolute atomic E-state index is 0.0507. The third-order valence-electron chi connectivity index (χ3n) is 10.6. The summed E-state index contributed by atoms with van der Waals surface area (Å²) in [7, 11) is 2.18. The zero-order valence-electron chi connectivity index (χ0n) is 28.2. The molecule has 4 aliphatic heterocycles. The first-order chi connectivity index (χ1) is 22.8. The molecule has 0 unspecified atom stereocenters. The van der Waals surface area contributed by atoms with Gasteiger partial charge in [-0.1, -0.05) is 32.0 Å². The van der Waals surface area contributed by atoms with Crippen LogP contribution in [0.2, 0.25) is 0 Å². The molecule has 0 aliphatic carbocycles. The van der Waals surface area contributed by atoms with Crippen molar-refractivity contribution in [1.82, 2.24) is 30.0 Å². The van der Waals surface area contributed by atoms with E-state index >= 15 is 0 Å². The van der Waals surface area contributed by atoms with Gasteiger partial charge in [-0.05, 0) is 80.7 Å². The molecule has 12 heteroatoms. The Hall–Kier alpha value is -3.19. The summed E-state index contributed by atoms with van der Waals surface area (Å²) in [5.41, 5.74) is 5.69. The number of anilines is 1. The van der Waals surface area contributed by atoms with Gasteiger partial charge in [0.25, 0.3) is 0 Å². The number of thiophene rings is 1. The molecule has 4 amide bonds. The fourth-order valence-electron chi connectivity index (χ4n) is 7.63. The van der Waals surface area contributed by atoms with Gasteiger partial charge in [0.05, 0.1) is 12.2 Å². The monoisotopic (exact) mass is 665 g/mol. The minimum Gasteiger partial charge on any atom is -0.351 e.